The number of carboxylic acid groups (broad SMARTS) is 1. The number of nitrogens with one attached hydrogen (secondary N) is 3. The van der Waals surface area contributed by atoms with Gasteiger partial charge in [-0.3, -0.25) is 19.2 Å². The first-order valence-corrected chi connectivity index (χ1v) is 22.5. The molecule has 5 amide bonds. The van der Waals surface area contributed by atoms with Crippen LogP contribution in [-0.2, 0) is 41.9 Å². The number of benzene rings is 2. The topological polar surface area (TPSA) is 190 Å². The number of carbonyl (C=O) groups is 6. The quantitative estimate of drug-likeness (QED) is 0.173. The predicted octanol–water partition coefficient (Wildman–Crippen LogP) is 6.03. The van der Waals surface area contributed by atoms with Crippen molar-refractivity contribution in [2.75, 3.05) is 27.2 Å². The lowest BCUT2D eigenvalue weighted by Gasteiger charge is -2.44. The van der Waals surface area contributed by atoms with Crippen LogP contribution in [0.1, 0.15) is 112 Å². The molecule has 2 aliphatic heterocycles. The van der Waals surface area contributed by atoms with Gasteiger partial charge in [0.25, 0.3) is 0 Å². The summed E-state index contributed by atoms with van der Waals surface area (Å²) in [6.07, 6.45) is 4.39. The zero-order chi connectivity index (χ0) is 45.8. The van der Waals surface area contributed by atoms with E-state index in [4.69, 9.17) is 9.47 Å². The van der Waals surface area contributed by atoms with E-state index in [2.05, 4.69) is 60.5 Å². The van der Waals surface area contributed by atoms with Crippen LogP contribution in [0.3, 0.4) is 0 Å². The Bertz CT molecular complexity index is 1850. The number of carbonyl (C=O) groups excluding carboxylic acids is 5. The molecule has 0 spiro atoms. The standard InChI is InChI=1S/C24H36N4O4.C23H33N3O5.2CH4/c1-16(2)27(4)19-10-11-22(21(14-19)25-17(3)29)28-13-12-20(23(28)30)26-24(31)32-15-18-8-6-5-7-9-18;1-15(2)25(3)17-9-10-20(18(13-17)22(28)29)26-12-11-19(21(26)27)24-23(30)31-14-16-7-5-4-6-8-16;;/h5-9,16,19-22H,10-15H2,1-4H3,(H,25,29)(H,26,31);4-8,15,17-20H,9-14H2,1-3H3,(H,24,30)(H,28,29);2*1H4/t19-,20+,21-,22?;17-,18-,19+,20?;;/m11../s1. The lowest BCUT2D eigenvalue weighted by molar-refractivity contribution is -0.149. The van der Waals surface area contributed by atoms with Gasteiger partial charge in [-0.1, -0.05) is 75.5 Å². The molecule has 8 atom stereocenters. The van der Waals surface area contributed by atoms with Crippen LogP contribution in [0.4, 0.5) is 9.59 Å². The van der Waals surface area contributed by atoms with Crippen LogP contribution in [0.2, 0.25) is 0 Å². The molecule has 2 aromatic rings. The Morgan fingerprint density at radius 2 is 1.06 bits per heavy atom. The number of rotatable bonds is 14. The smallest absolute Gasteiger partial charge is 0.408 e. The summed E-state index contributed by atoms with van der Waals surface area (Å²) in [7, 11) is 4.14. The Balaban J connectivity index is 0.000000335. The van der Waals surface area contributed by atoms with Gasteiger partial charge in [-0.25, -0.2) is 9.59 Å². The van der Waals surface area contributed by atoms with E-state index in [1.54, 1.807) is 4.90 Å². The molecule has 6 rings (SSSR count). The van der Waals surface area contributed by atoms with Crippen molar-refractivity contribution in [3.05, 3.63) is 71.8 Å². The number of hydrogen-bond donors (Lipinski definition) is 4. The van der Waals surface area contributed by atoms with E-state index in [9.17, 15) is 33.9 Å². The van der Waals surface area contributed by atoms with Gasteiger partial charge in [-0.05, 0) is 104 Å². The van der Waals surface area contributed by atoms with Crippen molar-refractivity contribution in [3.8, 4) is 0 Å². The molecule has 16 heteroatoms. The van der Waals surface area contributed by atoms with E-state index >= 15 is 0 Å². The van der Waals surface area contributed by atoms with Gasteiger partial charge in [0, 0.05) is 50.2 Å². The Morgan fingerprint density at radius 3 is 1.48 bits per heavy atom. The van der Waals surface area contributed by atoms with E-state index in [-0.39, 0.29) is 70.0 Å². The molecule has 0 aromatic heterocycles. The molecule has 2 aromatic carbocycles. The van der Waals surface area contributed by atoms with E-state index in [1.807, 2.05) is 72.6 Å². The fourth-order valence-electron chi connectivity index (χ4n) is 9.42. The van der Waals surface area contributed by atoms with Crippen molar-refractivity contribution in [2.45, 2.75) is 168 Å². The average molecular weight is 908 g/mol. The van der Waals surface area contributed by atoms with E-state index in [1.165, 1.54) is 6.92 Å². The molecule has 2 saturated carbocycles. The molecule has 4 N–H and O–H groups in total. The van der Waals surface area contributed by atoms with Gasteiger partial charge < -0.3 is 50.1 Å². The number of nitrogens with zero attached hydrogens (tertiary/aromatic N) is 4. The van der Waals surface area contributed by atoms with Crippen molar-refractivity contribution < 1.29 is 43.3 Å². The summed E-state index contributed by atoms with van der Waals surface area (Å²) in [4.78, 5) is 82.3. The molecular weight excluding hydrogens is 831 g/mol. The Kier molecular flexibility index (Phi) is 21.2. The Labute approximate surface area is 387 Å². The molecule has 362 valence electrons. The molecule has 65 heavy (non-hydrogen) atoms. The first-order valence-electron chi connectivity index (χ1n) is 22.5. The van der Waals surface area contributed by atoms with Crippen LogP contribution in [0.25, 0.3) is 0 Å². The predicted molar refractivity (Wildman–Crippen MR) is 251 cm³/mol. The minimum Gasteiger partial charge on any atom is -0.481 e. The second kappa shape index (κ2) is 25.5. The van der Waals surface area contributed by atoms with Crippen LogP contribution in [0.5, 0.6) is 0 Å². The number of carboxylic acids is 1. The van der Waals surface area contributed by atoms with Crippen molar-refractivity contribution in [3.63, 3.8) is 0 Å². The molecule has 16 nitrogen and oxygen atoms in total. The largest absolute Gasteiger partial charge is 0.481 e. The van der Waals surface area contributed by atoms with Crippen LogP contribution >= 0.6 is 0 Å². The summed E-state index contributed by atoms with van der Waals surface area (Å²) < 4.78 is 10.5. The number of aliphatic carboxylic acids is 1. The summed E-state index contributed by atoms with van der Waals surface area (Å²) in [5.74, 6) is -1.87. The summed E-state index contributed by atoms with van der Waals surface area (Å²) in [6.45, 7) is 11.3. The van der Waals surface area contributed by atoms with Gasteiger partial charge in [0.2, 0.25) is 17.7 Å². The second-order valence-corrected chi connectivity index (χ2v) is 18.0. The molecule has 2 unspecified atom stereocenters. The number of alkyl carbamates (subject to hydrolysis) is 2. The van der Waals surface area contributed by atoms with Crippen LogP contribution < -0.4 is 16.0 Å². The molecule has 4 aliphatic rings. The molecule has 0 radical (unpaired) electrons. The monoisotopic (exact) mass is 908 g/mol. The number of amides is 5. The summed E-state index contributed by atoms with van der Waals surface area (Å²) in [5.41, 5.74) is 1.76. The molecule has 2 saturated heterocycles. The highest BCUT2D eigenvalue weighted by Crippen LogP contribution is 2.35. The van der Waals surface area contributed by atoms with Crippen molar-refractivity contribution in [2.24, 2.45) is 5.92 Å². The maximum atomic E-state index is 13.1. The second-order valence-electron chi connectivity index (χ2n) is 18.0. The fourth-order valence-corrected chi connectivity index (χ4v) is 9.42. The maximum Gasteiger partial charge on any atom is 0.408 e. The van der Waals surface area contributed by atoms with Crippen molar-refractivity contribution >= 4 is 35.9 Å². The van der Waals surface area contributed by atoms with Crippen LogP contribution in [0, 0.1) is 5.92 Å². The first kappa shape index (κ1) is 54.1. The molecule has 0 bridgehead atoms. The average Bonchev–Trinajstić information content (AvgIpc) is 3.81. The third-order valence-electron chi connectivity index (χ3n) is 13.3. The summed E-state index contributed by atoms with van der Waals surface area (Å²) in [6, 6.07) is 18.3. The van der Waals surface area contributed by atoms with Gasteiger partial charge in [-0.15, -0.1) is 0 Å². The van der Waals surface area contributed by atoms with Gasteiger partial charge in [0.05, 0.1) is 18.0 Å². The summed E-state index contributed by atoms with van der Waals surface area (Å²) in [5, 5.41) is 18.3. The zero-order valence-corrected chi connectivity index (χ0v) is 38.0. The fraction of sp³-hybridized carbons (Fsp3) is 0.633. The normalized spacial score (nSPS) is 25.3. The molecule has 2 aliphatic carbocycles. The highest BCUT2D eigenvalue weighted by molar-refractivity contribution is 5.89. The van der Waals surface area contributed by atoms with Gasteiger partial charge >= 0.3 is 18.2 Å². The number of likely N-dealkylation sites (tertiary alicyclic amines) is 2. The van der Waals surface area contributed by atoms with Gasteiger partial charge in [-0.2, -0.15) is 0 Å². The minimum atomic E-state index is -0.863. The lowest BCUT2D eigenvalue weighted by atomic mass is 9.80. The highest BCUT2D eigenvalue weighted by atomic mass is 16.6. The maximum absolute atomic E-state index is 13.1. The minimum absolute atomic E-state index is 0. The number of hydrogen-bond acceptors (Lipinski definition) is 10. The van der Waals surface area contributed by atoms with Crippen LogP contribution in [-0.4, -0.2) is 142 Å². The van der Waals surface area contributed by atoms with E-state index in [0.29, 0.717) is 56.9 Å². The zero-order valence-electron chi connectivity index (χ0n) is 38.0. The molecular formula is C49H77N7O9. The number of ether oxygens (including phenoxy) is 2. The highest BCUT2D eigenvalue weighted by Gasteiger charge is 2.46. The third kappa shape index (κ3) is 14.9. The van der Waals surface area contributed by atoms with Crippen LogP contribution in [0.15, 0.2) is 60.7 Å². The SMILES string of the molecule is C.C.CC(=O)N[C@@H]1C[C@H](N(C)C(C)C)CCC1N1CC[C@H](NC(=O)OCc2ccccc2)C1=O.CC(C)N(C)[C@@H]1CCC(N2CC[C@H](NC(=O)OCc3ccccc3)C2=O)[C@H](C(=O)O)C1. The van der Waals surface area contributed by atoms with Gasteiger partial charge in [0.15, 0.2) is 0 Å². The van der Waals surface area contributed by atoms with E-state index in [0.717, 1.165) is 36.8 Å². The third-order valence-corrected chi connectivity index (χ3v) is 13.3. The molecule has 4 fully saturated rings. The van der Waals surface area contributed by atoms with Gasteiger partial charge in [0.1, 0.15) is 25.3 Å². The Hall–Kier alpha value is -5.22. The van der Waals surface area contributed by atoms with Crippen molar-refractivity contribution in [1.29, 1.82) is 0 Å². The summed E-state index contributed by atoms with van der Waals surface area (Å²) >= 11 is 0. The molecule has 2 heterocycles. The lowest BCUT2D eigenvalue weighted by Crippen LogP contribution is -2.58. The first-order chi connectivity index (χ1) is 30.0. The Morgan fingerprint density at radius 1 is 0.646 bits per heavy atom. The van der Waals surface area contributed by atoms with E-state index < -0.39 is 36.2 Å². The van der Waals surface area contributed by atoms with Crippen molar-refractivity contribution in [1.82, 2.24) is 35.6 Å².